The molecule has 0 aromatic heterocycles. The number of rotatable bonds is 4. The van der Waals surface area contributed by atoms with E-state index in [1.165, 1.54) is 17.8 Å². The zero-order valence-electron chi connectivity index (χ0n) is 11.0. The number of ether oxygens (including phenoxy) is 1. The van der Waals surface area contributed by atoms with Crippen molar-refractivity contribution in [2.75, 3.05) is 0 Å². The summed E-state index contributed by atoms with van der Waals surface area (Å²) in [6, 6.07) is 13.8. The topological polar surface area (TPSA) is 49.4 Å². The Hall–Kier alpha value is -0.564. The van der Waals surface area contributed by atoms with E-state index in [4.69, 9.17) is 4.74 Å². The number of hydrogen-bond donors (Lipinski definition) is 0. The second-order valence-corrected chi connectivity index (χ2v) is 4.70. The molecule has 0 unspecified atom stereocenters. The minimum Gasteiger partial charge on any atom is -0.872 e. The van der Waals surface area contributed by atoms with Gasteiger partial charge in [0.1, 0.15) is 5.75 Å². The van der Waals surface area contributed by atoms with Crippen LogP contribution >= 0.6 is 11.8 Å². The molecule has 96 valence electrons. The van der Waals surface area contributed by atoms with Gasteiger partial charge in [0.05, 0.1) is 4.90 Å². The minimum absolute atomic E-state index is 0. The second-order valence-electron chi connectivity index (χ2n) is 3.62. The molecule has 0 amide bonds. The summed E-state index contributed by atoms with van der Waals surface area (Å²) in [7, 11) is 0. The van der Waals surface area contributed by atoms with Crippen molar-refractivity contribution in [2.45, 2.75) is 9.79 Å². The van der Waals surface area contributed by atoms with Crippen LogP contribution in [0, 0.1) is 0 Å². The number of carbonyl (C=O) groups is 1. The third-order valence-corrected chi connectivity index (χ3v) is 3.41. The molecule has 0 atom stereocenters. The molecule has 0 saturated carbocycles. The smallest absolute Gasteiger partial charge is 0.872 e. The summed E-state index contributed by atoms with van der Waals surface area (Å²) in [4.78, 5) is 12.5. The van der Waals surface area contributed by atoms with Crippen molar-refractivity contribution in [1.29, 1.82) is 0 Å². The summed E-state index contributed by atoms with van der Waals surface area (Å²) in [5, 5.41) is 11.7. The largest absolute Gasteiger partial charge is 1.00 e. The molecule has 3 nitrogen and oxygen atoms in total. The maximum Gasteiger partial charge on any atom is 1.00 e. The molecule has 2 rings (SSSR count). The molecule has 0 aliphatic carbocycles. The van der Waals surface area contributed by atoms with Gasteiger partial charge in [0.15, 0.2) is 0 Å². The first kappa shape index (κ1) is 17.5. The van der Waals surface area contributed by atoms with Gasteiger partial charge in [-0.25, -0.2) is 4.79 Å². The van der Waals surface area contributed by atoms with Crippen LogP contribution < -0.4 is 61.2 Å². The number of esters is 1. The Morgan fingerprint density at radius 1 is 1.10 bits per heavy atom. The molecule has 0 aliphatic heterocycles. The third-order valence-electron chi connectivity index (χ3n) is 2.30. The fourth-order valence-corrected chi connectivity index (χ4v) is 2.33. The van der Waals surface area contributed by atoms with Gasteiger partial charge in [-0.3, -0.25) is 0 Å². The molecule has 5 heteroatoms. The van der Waals surface area contributed by atoms with Gasteiger partial charge in [-0.05, 0) is 18.2 Å². The van der Waals surface area contributed by atoms with Crippen LogP contribution in [0.4, 0.5) is 0 Å². The maximum atomic E-state index is 11.7. The molecule has 0 saturated heterocycles. The summed E-state index contributed by atoms with van der Waals surface area (Å²) in [6.07, 6.45) is 1.10. The molecule has 0 spiro atoms. The SMILES string of the molecule is C=CC(=O)Oc1ccccc1Sc1ccccc1[O-].[K+]. The first-order chi connectivity index (χ1) is 9.20. The standard InChI is InChI=1S/C15H12O3S.K/c1-2-15(17)18-12-8-4-6-10-14(12)19-13-9-5-3-7-11(13)16;/h2-10,16H,1H2;/q;+1/p-1. The van der Waals surface area contributed by atoms with Gasteiger partial charge in [0.25, 0.3) is 0 Å². The van der Waals surface area contributed by atoms with Crippen LogP contribution in [-0.2, 0) is 4.79 Å². The molecular weight excluding hydrogens is 299 g/mol. The molecule has 0 bridgehead atoms. The van der Waals surface area contributed by atoms with E-state index in [1.54, 1.807) is 36.4 Å². The normalized spacial score (nSPS) is 9.40. The number of benzene rings is 2. The number of carbonyl (C=O) groups excluding carboxylic acids is 1. The minimum atomic E-state index is -0.525. The van der Waals surface area contributed by atoms with E-state index in [1.807, 2.05) is 6.07 Å². The molecule has 0 aliphatic rings. The van der Waals surface area contributed by atoms with Gasteiger partial charge >= 0.3 is 57.4 Å². The van der Waals surface area contributed by atoms with Crippen molar-refractivity contribution in [3.63, 3.8) is 0 Å². The molecule has 2 aromatic carbocycles. The summed E-state index contributed by atoms with van der Waals surface area (Å²) < 4.78 is 5.13. The molecule has 0 heterocycles. The predicted octanol–water partition coefficient (Wildman–Crippen LogP) is 0.00680. The van der Waals surface area contributed by atoms with E-state index in [0.717, 1.165) is 6.08 Å². The van der Waals surface area contributed by atoms with Crippen LogP contribution in [0.5, 0.6) is 11.5 Å². The van der Waals surface area contributed by atoms with Gasteiger partial charge in [0, 0.05) is 11.0 Å². The van der Waals surface area contributed by atoms with Gasteiger partial charge < -0.3 is 9.84 Å². The first-order valence-corrected chi connectivity index (χ1v) is 6.39. The Morgan fingerprint density at radius 3 is 2.35 bits per heavy atom. The van der Waals surface area contributed by atoms with E-state index in [9.17, 15) is 9.90 Å². The average molecular weight is 310 g/mol. The van der Waals surface area contributed by atoms with Crippen LogP contribution in [0.15, 0.2) is 71.0 Å². The van der Waals surface area contributed by atoms with Crippen molar-refractivity contribution in [3.8, 4) is 11.5 Å². The Labute approximate surface area is 164 Å². The van der Waals surface area contributed by atoms with Crippen molar-refractivity contribution < 1.29 is 66.0 Å². The Morgan fingerprint density at radius 2 is 1.70 bits per heavy atom. The van der Waals surface area contributed by atoms with Crippen LogP contribution in [0.1, 0.15) is 0 Å². The van der Waals surface area contributed by atoms with Crippen LogP contribution in [0.2, 0.25) is 0 Å². The van der Waals surface area contributed by atoms with Crippen molar-refractivity contribution in [3.05, 3.63) is 61.2 Å². The van der Waals surface area contributed by atoms with Crippen molar-refractivity contribution >= 4 is 17.7 Å². The van der Waals surface area contributed by atoms with Crippen LogP contribution in [-0.4, -0.2) is 5.97 Å². The summed E-state index contributed by atoms with van der Waals surface area (Å²) in [5.74, 6) is -0.165. The molecule has 0 radical (unpaired) electrons. The van der Waals surface area contributed by atoms with E-state index < -0.39 is 5.97 Å². The predicted molar refractivity (Wildman–Crippen MR) is 72.3 cm³/mol. The fraction of sp³-hybridized carbons (Fsp3) is 0. The van der Waals surface area contributed by atoms with Gasteiger partial charge in [-0.15, -0.1) is 0 Å². The van der Waals surface area contributed by atoms with Gasteiger partial charge in [-0.2, -0.15) is 0 Å². The summed E-state index contributed by atoms with van der Waals surface area (Å²) >= 11 is 1.27. The Bertz CT molecular complexity index is 614. The zero-order valence-corrected chi connectivity index (χ0v) is 15.0. The molecule has 0 fully saturated rings. The molecule has 20 heavy (non-hydrogen) atoms. The Balaban J connectivity index is 0.00000200. The first-order valence-electron chi connectivity index (χ1n) is 5.58. The van der Waals surface area contributed by atoms with Gasteiger partial charge in [0.2, 0.25) is 0 Å². The zero-order chi connectivity index (χ0) is 13.7. The monoisotopic (exact) mass is 310 g/mol. The van der Waals surface area contributed by atoms with Crippen LogP contribution in [0.3, 0.4) is 0 Å². The average Bonchev–Trinajstić information content (AvgIpc) is 2.43. The van der Waals surface area contributed by atoms with Crippen LogP contribution in [0.25, 0.3) is 0 Å². The summed E-state index contributed by atoms with van der Waals surface area (Å²) in [5.41, 5.74) is 0. The van der Waals surface area contributed by atoms with E-state index in [0.29, 0.717) is 15.5 Å². The molecule has 0 N–H and O–H groups in total. The quantitative estimate of drug-likeness (QED) is 0.345. The van der Waals surface area contributed by atoms with E-state index in [2.05, 4.69) is 6.58 Å². The molecular formula is C15H11KO3S. The van der Waals surface area contributed by atoms with Gasteiger partial charge in [-0.1, -0.05) is 54.4 Å². The van der Waals surface area contributed by atoms with E-state index in [-0.39, 0.29) is 57.1 Å². The number of para-hydroxylation sites is 2. The fourth-order valence-electron chi connectivity index (χ4n) is 1.42. The second kappa shape index (κ2) is 8.66. The van der Waals surface area contributed by atoms with Crippen molar-refractivity contribution in [2.24, 2.45) is 0 Å². The Kier molecular flexibility index (Phi) is 7.57. The summed E-state index contributed by atoms with van der Waals surface area (Å²) in [6.45, 7) is 3.35. The maximum absolute atomic E-state index is 11.7. The van der Waals surface area contributed by atoms with Crippen molar-refractivity contribution in [1.82, 2.24) is 0 Å². The third kappa shape index (κ3) is 4.77. The number of hydrogen-bond acceptors (Lipinski definition) is 4. The molecule has 2 aromatic rings. The van der Waals surface area contributed by atoms with E-state index >= 15 is 0 Å².